The van der Waals surface area contributed by atoms with Crippen molar-refractivity contribution in [2.45, 2.75) is 33.2 Å². The molecule has 1 aliphatic heterocycles. The lowest BCUT2D eigenvalue weighted by molar-refractivity contribution is 0.327. The van der Waals surface area contributed by atoms with Gasteiger partial charge in [0.1, 0.15) is 12.1 Å². The van der Waals surface area contributed by atoms with Crippen LogP contribution in [0.25, 0.3) is 33.2 Å². The van der Waals surface area contributed by atoms with Crippen molar-refractivity contribution in [1.82, 2.24) is 24.7 Å². The first kappa shape index (κ1) is 18.0. The van der Waals surface area contributed by atoms with Crippen LogP contribution in [-0.2, 0) is 6.42 Å². The molecule has 0 unspecified atom stereocenters. The number of thiazole rings is 1. The second-order valence-corrected chi connectivity index (χ2v) is 8.49. The first-order valence-corrected chi connectivity index (χ1v) is 10.5. The van der Waals surface area contributed by atoms with Gasteiger partial charge in [0.15, 0.2) is 10.8 Å². The number of fused-ring (bicyclic) bond motifs is 3. The molecule has 1 aromatic carbocycles. The Morgan fingerprint density at radius 3 is 2.76 bits per heavy atom. The van der Waals surface area contributed by atoms with Gasteiger partial charge in [-0.25, -0.2) is 14.6 Å². The summed E-state index contributed by atoms with van der Waals surface area (Å²) in [6, 6.07) is 10.6. The number of ether oxygens (including phenoxy) is 1. The van der Waals surface area contributed by atoms with Crippen LogP contribution in [0.2, 0.25) is 0 Å². The van der Waals surface area contributed by atoms with E-state index in [1.54, 1.807) is 17.7 Å². The maximum absolute atomic E-state index is 6.01. The molecule has 0 amide bonds. The highest BCUT2D eigenvalue weighted by Crippen LogP contribution is 2.41. The Balaban J connectivity index is 1.63. The van der Waals surface area contributed by atoms with Crippen LogP contribution in [0, 0.1) is 6.92 Å². The summed E-state index contributed by atoms with van der Waals surface area (Å²) in [4.78, 5) is 15.1. The molecule has 0 spiro atoms. The molecule has 1 aliphatic rings. The van der Waals surface area contributed by atoms with Crippen molar-refractivity contribution in [3.05, 3.63) is 53.4 Å². The lowest BCUT2D eigenvalue weighted by atomic mass is 10.0. The minimum absolute atomic E-state index is 0.229. The van der Waals surface area contributed by atoms with Gasteiger partial charge in [0.05, 0.1) is 12.3 Å². The molecule has 0 atom stereocenters. The van der Waals surface area contributed by atoms with E-state index in [1.807, 2.05) is 29.9 Å². The van der Waals surface area contributed by atoms with Gasteiger partial charge in [0, 0.05) is 40.4 Å². The highest BCUT2D eigenvalue weighted by Gasteiger charge is 2.23. The van der Waals surface area contributed by atoms with Gasteiger partial charge in [-0.2, -0.15) is 5.10 Å². The van der Waals surface area contributed by atoms with Crippen molar-refractivity contribution < 1.29 is 4.74 Å². The number of rotatable bonds is 3. The van der Waals surface area contributed by atoms with Crippen LogP contribution in [-0.4, -0.2) is 31.3 Å². The Kier molecular flexibility index (Phi) is 4.39. The summed E-state index contributed by atoms with van der Waals surface area (Å²) in [6.45, 7) is 6.83. The standard InChI is InChI=1S/C22H21N5OS/c1-13(2)27-21(24-12-25-27)22-26-20-17-10-15(16-5-4-14(3)23-11-16)6-7-18(17)28-9-8-19(20)29-22/h4-7,10-13H,8-9H2,1-3H3. The molecule has 0 saturated carbocycles. The van der Waals surface area contributed by atoms with Gasteiger partial charge < -0.3 is 4.74 Å². The van der Waals surface area contributed by atoms with E-state index in [1.165, 1.54) is 4.88 Å². The molecule has 4 aromatic rings. The Labute approximate surface area is 173 Å². The van der Waals surface area contributed by atoms with Crippen LogP contribution in [0.15, 0.2) is 42.9 Å². The lowest BCUT2D eigenvalue weighted by Gasteiger charge is -2.10. The summed E-state index contributed by atoms with van der Waals surface area (Å²) in [6.07, 6.45) is 4.34. The molecule has 3 aromatic heterocycles. The van der Waals surface area contributed by atoms with Crippen molar-refractivity contribution >= 4 is 11.3 Å². The van der Waals surface area contributed by atoms with E-state index in [0.29, 0.717) is 6.61 Å². The zero-order valence-electron chi connectivity index (χ0n) is 16.6. The summed E-state index contributed by atoms with van der Waals surface area (Å²) in [5.41, 5.74) is 5.20. The van der Waals surface area contributed by atoms with Gasteiger partial charge in [-0.05, 0) is 44.5 Å². The van der Waals surface area contributed by atoms with Gasteiger partial charge >= 0.3 is 0 Å². The normalized spacial score (nSPS) is 13.0. The van der Waals surface area contributed by atoms with Crippen molar-refractivity contribution in [3.8, 4) is 39.0 Å². The molecule has 0 N–H and O–H groups in total. The highest BCUT2D eigenvalue weighted by atomic mass is 32.1. The smallest absolute Gasteiger partial charge is 0.187 e. The SMILES string of the molecule is Cc1ccc(-c2ccc3c(c2)-c2nc(-c4ncnn4C(C)C)sc2CCO3)cn1. The Bertz CT molecular complexity index is 1180. The van der Waals surface area contributed by atoms with Crippen LogP contribution in [0.5, 0.6) is 5.75 Å². The van der Waals surface area contributed by atoms with E-state index in [4.69, 9.17) is 9.72 Å². The van der Waals surface area contributed by atoms with Crippen LogP contribution in [0.1, 0.15) is 30.5 Å². The summed E-state index contributed by atoms with van der Waals surface area (Å²) < 4.78 is 7.93. The van der Waals surface area contributed by atoms with Gasteiger partial charge in [-0.3, -0.25) is 4.98 Å². The minimum atomic E-state index is 0.229. The number of nitrogens with zero attached hydrogens (tertiary/aromatic N) is 5. The number of aromatic nitrogens is 5. The molecule has 0 radical (unpaired) electrons. The van der Waals surface area contributed by atoms with Crippen molar-refractivity contribution in [1.29, 1.82) is 0 Å². The monoisotopic (exact) mass is 403 g/mol. The first-order chi connectivity index (χ1) is 14.1. The lowest BCUT2D eigenvalue weighted by Crippen LogP contribution is -2.04. The molecule has 0 bridgehead atoms. The third kappa shape index (κ3) is 3.21. The molecule has 7 heteroatoms. The summed E-state index contributed by atoms with van der Waals surface area (Å²) >= 11 is 1.68. The number of aryl methyl sites for hydroxylation is 1. The third-order valence-electron chi connectivity index (χ3n) is 5.02. The minimum Gasteiger partial charge on any atom is -0.493 e. The number of pyridine rings is 1. The molecular formula is C22H21N5OS. The summed E-state index contributed by atoms with van der Waals surface area (Å²) in [5, 5.41) is 5.26. The van der Waals surface area contributed by atoms with Crippen LogP contribution < -0.4 is 4.74 Å². The van der Waals surface area contributed by atoms with Gasteiger partial charge in [0.25, 0.3) is 0 Å². The maximum atomic E-state index is 6.01. The average Bonchev–Trinajstić information content (AvgIpc) is 3.33. The van der Waals surface area contributed by atoms with E-state index in [0.717, 1.165) is 51.1 Å². The molecule has 0 fully saturated rings. The molecule has 5 rings (SSSR count). The van der Waals surface area contributed by atoms with E-state index in [2.05, 4.69) is 47.1 Å². The Morgan fingerprint density at radius 1 is 1.10 bits per heavy atom. The molecule has 146 valence electrons. The maximum Gasteiger partial charge on any atom is 0.187 e. The molecule has 0 saturated heterocycles. The zero-order valence-corrected chi connectivity index (χ0v) is 17.4. The third-order valence-corrected chi connectivity index (χ3v) is 6.13. The van der Waals surface area contributed by atoms with Crippen molar-refractivity contribution in [2.75, 3.05) is 6.61 Å². The largest absolute Gasteiger partial charge is 0.493 e. The molecule has 6 nitrogen and oxygen atoms in total. The predicted octanol–water partition coefficient (Wildman–Crippen LogP) is 4.95. The molecule has 29 heavy (non-hydrogen) atoms. The van der Waals surface area contributed by atoms with Crippen molar-refractivity contribution in [3.63, 3.8) is 0 Å². The van der Waals surface area contributed by atoms with Crippen molar-refractivity contribution in [2.24, 2.45) is 0 Å². The summed E-state index contributed by atoms with van der Waals surface area (Å²) in [7, 11) is 0. The topological polar surface area (TPSA) is 65.7 Å². The fourth-order valence-electron chi connectivity index (χ4n) is 3.52. The summed E-state index contributed by atoms with van der Waals surface area (Å²) in [5.74, 6) is 1.69. The van der Waals surface area contributed by atoms with Crippen LogP contribution in [0.4, 0.5) is 0 Å². The highest BCUT2D eigenvalue weighted by molar-refractivity contribution is 7.15. The number of hydrogen-bond donors (Lipinski definition) is 0. The first-order valence-electron chi connectivity index (χ1n) is 9.70. The van der Waals surface area contributed by atoms with E-state index >= 15 is 0 Å². The second kappa shape index (κ2) is 7.08. The van der Waals surface area contributed by atoms with E-state index < -0.39 is 0 Å². The number of hydrogen-bond acceptors (Lipinski definition) is 6. The fourth-order valence-corrected chi connectivity index (χ4v) is 4.57. The van der Waals surface area contributed by atoms with Gasteiger partial charge in [0.2, 0.25) is 0 Å². The Hall–Kier alpha value is -3.06. The van der Waals surface area contributed by atoms with Gasteiger partial charge in [-0.15, -0.1) is 11.3 Å². The molecule has 4 heterocycles. The Morgan fingerprint density at radius 2 is 1.97 bits per heavy atom. The zero-order chi connectivity index (χ0) is 20.0. The average molecular weight is 404 g/mol. The van der Waals surface area contributed by atoms with Crippen LogP contribution >= 0.6 is 11.3 Å². The fraction of sp³-hybridized carbons (Fsp3) is 0.273. The van der Waals surface area contributed by atoms with E-state index in [9.17, 15) is 0 Å². The quantitative estimate of drug-likeness (QED) is 0.484. The molecular weight excluding hydrogens is 382 g/mol. The molecule has 0 aliphatic carbocycles. The van der Waals surface area contributed by atoms with Gasteiger partial charge in [-0.1, -0.05) is 12.1 Å². The second-order valence-electron chi connectivity index (χ2n) is 7.41. The number of benzene rings is 1. The predicted molar refractivity (Wildman–Crippen MR) is 114 cm³/mol. The van der Waals surface area contributed by atoms with Crippen LogP contribution in [0.3, 0.4) is 0 Å². The van der Waals surface area contributed by atoms with E-state index in [-0.39, 0.29) is 6.04 Å².